The van der Waals surface area contributed by atoms with Gasteiger partial charge in [0.15, 0.2) is 0 Å². The molecular weight excluding hydrogens is 372 g/mol. The monoisotopic (exact) mass is 408 g/mol. The van der Waals surface area contributed by atoms with E-state index in [1.54, 1.807) is 0 Å². The van der Waals surface area contributed by atoms with Crippen LogP contribution in [0.1, 0.15) is 64.2 Å². The van der Waals surface area contributed by atoms with Crippen molar-refractivity contribution < 1.29 is 9.53 Å². The molecule has 6 aliphatic rings. The van der Waals surface area contributed by atoms with Crippen molar-refractivity contribution in [2.75, 3.05) is 19.6 Å². The molecule has 0 radical (unpaired) electrons. The predicted molar refractivity (Wildman–Crippen MR) is 118 cm³/mol. The third-order valence-electron chi connectivity index (χ3n) is 9.07. The summed E-state index contributed by atoms with van der Waals surface area (Å²) in [5, 5.41) is 0. The lowest BCUT2D eigenvalue weighted by atomic mass is 9.56. The molecule has 2 unspecified atom stereocenters. The van der Waals surface area contributed by atoms with Crippen LogP contribution in [0, 0.1) is 11.3 Å². The van der Waals surface area contributed by atoms with Gasteiger partial charge in [0.25, 0.3) is 0 Å². The number of fused-ring (bicyclic) bond motifs is 1. The Labute approximate surface area is 181 Å². The second kappa shape index (κ2) is 7.43. The molecule has 1 spiro atoms. The Bertz CT molecular complexity index is 788. The van der Waals surface area contributed by atoms with Gasteiger partial charge >= 0.3 is 0 Å². The smallest absolute Gasteiger partial charge is 0.148 e. The zero-order chi connectivity index (χ0) is 20.2. The van der Waals surface area contributed by atoms with Gasteiger partial charge in [-0.1, -0.05) is 30.4 Å². The highest BCUT2D eigenvalue weighted by atomic mass is 16.5. The van der Waals surface area contributed by atoms with Gasteiger partial charge in [0.05, 0.1) is 6.04 Å². The number of carbonyl (C=O) groups is 1. The molecule has 6 rings (SSSR count). The van der Waals surface area contributed by atoms with Crippen molar-refractivity contribution in [2.24, 2.45) is 11.3 Å². The average molecular weight is 409 g/mol. The topological polar surface area (TPSA) is 32.8 Å². The second-order valence-corrected chi connectivity index (χ2v) is 10.6. The fourth-order valence-corrected chi connectivity index (χ4v) is 7.95. The van der Waals surface area contributed by atoms with E-state index in [2.05, 4.69) is 40.2 Å². The number of carbonyl (C=O) groups excluding carboxylic acids is 1. The van der Waals surface area contributed by atoms with Gasteiger partial charge in [-0.05, 0) is 83.2 Å². The van der Waals surface area contributed by atoms with Gasteiger partial charge in [-0.25, -0.2) is 0 Å². The zero-order valence-corrected chi connectivity index (χ0v) is 18.2. The molecule has 1 aliphatic carbocycles. The predicted octanol–water partition coefficient (Wildman–Crippen LogP) is 4.23. The molecule has 0 N–H and O–H groups in total. The first-order chi connectivity index (χ1) is 14.8. The van der Waals surface area contributed by atoms with Crippen molar-refractivity contribution in [3.63, 3.8) is 0 Å². The summed E-state index contributed by atoms with van der Waals surface area (Å²) < 4.78 is 7.05. The Morgan fingerprint density at radius 3 is 2.87 bits per heavy atom. The largest absolute Gasteiger partial charge is 0.350 e. The molecule has 0 aromatic heterocycles. The lowest BCUT2D eigenvalue weighted by Crippen LogP contribution is -2.63. The number of allylic oxidation sites excluding steroid dienone is 4. The number of hydrogen-bond donors (Lipinski definition) is 0. The van der Waals surface area contributed by atoms with Crippen LogP contribution in [-0.2, 0) is 9.53 Å². The Kier molecular flexibility index (Phi) is 4.82. The molecule has 4 heteroatoms. The van der Waals surface area contributed by atoms with Crippen LogP contribution in [0.25, 0.3) is 0 Å². The van der Waals surface area contributed by atoms with Gasteiger partial charge in [-0.3, -0.25) is 9.69 Å². The SMILES string of the molecule is O=CC1=C[C@H]2CCN3CCCC/C=C\CC[C@]14OC1CCC/C=C\[C@H]5C[C@@]2(C3)[C@H]4N15. The maximum absolute atomic E-state index is 12.5. The molecule has 3 bridgehead atoms. The molecular formula is C26H36N2O2. The highest BCUT2D eigenvalue weighted by Crippen LogP contribution is 2.64. The van der Waals surface area contributed by atoms with Crippen LogP contribution < -0.4 is 0 Å². The van der Waals surface area contributed by atoms with Crippen molar-refractivity contribution >= 4 is 6.29 Å². The van der Waals surface area contributed by atoms with Gasteiger partial charge in [0.2, 0.25) is 0 Å². The molecule has 4 nitrogen and oxygen atoms in total. The summed E-state index contributed by atoms with van der Waals surface area (Å²) in [4.78, 5) is 17.9. The maximum Gasteiger partial charge on any atom is 0.148 e. The highest BCUT2D eigenvalue weighted by molar-refractivity contribution is 5.78. The van der Waals surface area contributed by atoms with Crippen molar-refractivity contribution in [1.82, 2.24) is 9.80 Å². The molecule has 0 saturated carbocycles. The van der Waals surface area contributed by atoms with E-state index in [0.29, 0.717) is 18.0 Å². The van der Waals surface area contributed by atoms with Crippen molar-refractivity contribution in [3.05, 3.63) is 36.0 Å². The van der Waals surface area contributed by atoms with Crippen molar-refractivity contribution in [2.45, 2.75) is 88.1 Å². The maximum atomic E-state index is 12.5. The van der Waals surface area contributed by atoms with Crippen LogP contribution in [0.5, 0.6) is 0 Å². The highest BCUT2D eigenvalue weighted by Gasteiger charge is 2.71. The summed E-state index contributed by atoms with van der Waals surface area (Å²) in [7, 11) is 0. The third kappa shape index (κ3) is 2.73. The minimum absolute atomic E-state index is 0.165. The number of rotatable bonds is 1. The van der Waals surface area contributed by atoms with Gasteiger partial charge in [-0.2, -0.15) is 0 Å². The molecule has 0 aromatic rings. The van der Waals surface area contributed by atoms with Gasteiger partial charge in [0.1, 0.15) is 18.1 Å². The van der Waals surface area contributed by atoms with E-state index in [1.807, 2.05) is 0 Å². The molecule has 5 heterocycles. The summed E-state index contributed by atoms with van der Waals surface area (Å²) in [6.07, 6.45) is 24.9. The third-order valence-corrected chi connectivity index (χ3v) is 9.07. The van der Waals surface area contributed by atoms with Crippen LogP contribution >= 0.6 is 0 Å². The summed E-state index contributed by atoms with van der Waals surface area (Å²) in [6, 6.07) is 0.808. The first-order valence-electron chi connectivity index (χ1n) is 12.4. The second-order valence-electron chi connectivity index (χ2n) is 10.6. The molecule has 0 aromatic carbocycles. The van der Waals surface area contributed by atoms with Crippen molar-refractivity contribution in [1.29, 1.82) is 0 Å². The van der Waals surface area contributed by atoms with Crippen LogP contribution in [0.15, 0.2) is 36.0 Å². The molecule has 5 aliphatic heterocycles. The number of aldehydes is 1. The lowest BCUT2D eigenvalue weighted by molar-refractivity contribution is -0.114. The van der Waals surface area contributed by atoms with Gasteiger partial charge < -0.3 is 9.64 Å². The Hall–Kier alpha value is -1.23. The summed E-state index contributed by atoms with van der Waals surface area (Å²) in [6.45, 7) is 3.57. The van der Waals surface area contributed by atoms with Crippen LogP contribution in [0.3, 0.4) is 0 Å². The first-order valence-corrected chi connectivity index (χ1v) is 12.4. The van der Waals surface area contributed by atoms with E-state index in [4.69, 9.17) is 4.74 Å². The first kappa shape index (κ1) is 19.5. The van der Waals surface area contributed by atoms with Crippen molar-refractivity contribution in [3.8, 4) is 0 Å². The molecule has 3 saturated heterocycles. The fourth-order valence-electron chi connectivity index (χ4n) is 7.95. The normalized spacial score (nSPS) is 50.1. The summed E-state index contributed by atoms with van der Waals surface area (Å²) in [5.74, 6) is 0.511. The number of hydrogen-bond acceptors (Lipinski definition) is 4. The van der Waals surface area contributed by atoms with E-state index in [1.165, 1.54) is 58.2 Å². The fraction of sp³-hybridized carbons (Fsp3) is 0.731. The van der Waals surface area contributed by atoms with E-state index in [0.717, 1.165) is 37.5 Å². The van der Waals surface area contributed by atoms with Crippen LogP contribution in [0.4, 0.5) is 0 Å². The Morgan fingerprint density at radius 2 is 1.93 bits per heavy atom. The molecule has 7 atom stereocenters. The molecule has 30 heavy (non-hydrogen) atoms. The number of nitrogens with zero attached hydrogens (tertiary/aromatic N) is 2. The van der Waals surface area contributed by atoms with E-state index >= 15 is 0 Å². The quantitative estimate of drug-likeness (QED) is 0.480. The van der Waals surface area contributed by atoms with Gasteiger partial charge in [0, 0.05) is 23.6 Å². The van der Waals surface area contributed by atoms with Gasteiger partial charge in [-0.15, -0.1) is 0 Å². The van der Waals surface area contributed by atoms with E-state index < -0.39 is 5.60 Å². The standard InChI is InChI=1S/C26H36N2O2/c29-18-21-16-20-12-15-27-14-9-4-2-1-3-8-13-26(21)24-25(20,19-27)17-22-10-6-5-7-11-23(30-26)28(22)24/h1,3,6,10,16,18,20,22-24H,2,4-5,7-9,11-15,17,19H2/b3-1-,10-6-/t20-,22+,23?,24-,25+,26+/m1/s1. The molecule has 3 fully saturated rings. The Morgan fingerprint density at radius 1 is 1.03 bits per heavy atom. The number of ether oxygens (including phenoxy) is 1. The van der Waals surface area contributed by atoms with E-state index in [-0.39, 0.29) is 11.6 Å². The Balaban J connectivity index is 1.52. The summed E-state index contributed by atoms with van der Waals surface area (Å²) in [5.41, 5.74) is 0.759. The van der Waals surface area contributed by atoms with Crippen LogP contribution in [-0.4, -0.2) is 59.6 Å². The van der Waals surface area contributed by atoms with Crippen LogP contribution in [0.2, 0.25) is 0 Å². The summed E-state index contributed by atoms with van der Waals surface area (Å²) >= 11 is 0. The molecule has 162 valence electrons. The minimum Gasteiger partial charge on any atom is -0.350 e. The molecule has 0 amide bonds. The average Bonchev–Trinajstić information content (AvgIpc) is 3.23. The van der Waals surface area contributed by atoms with E-state index in [9.17, 15) is 4.79 Å². The minimum atomic E-state index is -0.419. The number of piperidine rings is 1. The lowest BCUT2D eigenvalue weighted by Gasteiger charge is -2.55. The zero-order valence-electron chi connectivity index (χ0n) is 18.2.